The minimum atomic E-state index is 0.313. The Kier molecular flexibility index (Phi) is 1.90. The van der Waals surface area contributed by atoms with Crippen LogP contribution in [0.4, 0.5) is 5.82 Å². The highest BCUT2D eigenvalue weighted by atomic mass is 35.5. The molecule has 5 heteroatoms. The van der Waals surface area contributed by atoms with Crippen LogP contribution in [0.5, 0.6) is 0 Å². The van der Waals surface area contributed by atoms with Crippen LogP contribution in [0.3, 0.4) is 0 Å². The maximum Gasteiger partial charge on any atom is 0.164 e. The number of halogens is 1. The molecule has 3 N–H and O–H groups in total. The lowest BCUT2D eigenvalue weighted by atomic mass is 10.2. The van der Waals surface area contributed by atoms with E-state index >= 15 is 0 Å². The second-order valence-electron chi connectivity index (χ2n) is 2.53. The summed E-state index contributed by atoms with van der Waals surface area (Å²) in [4.78, 5) is 3.90. The first-order valence-electron chi connectivity index (χ1n) is 3.69. The van der Waals surface area contributed by atoms with Gasteiger partial charge in [0.05, 0.1) is 5.69 Å². The number of anilines is 1. The third-order valence-corrected chi connectivity index (χ3v) is 2.08. The van der Waals surface area contributed by atoms with Gasteiger partial charge >= 0.3 is 0 Å². The van der Waals surface area contributed by atoms with Crippen molar-refractivity contribution in [3.8, 4) is 11.3 Å². The second-order valence-corrected chi connectivity index (χ2v) is 2.91. The van der Waals surface area contributed by atoms with Gasteiger partial charge in [-0.2, -0.15) is 5.10 Å². The Balaban J connectivity index is 2.53. The van der Waals surface area contributed by atoms with Crippen molar-refractivity contribution in [3.63, 3.8) is 0 Å². The van der Waals surface area contributed by atoms with Gasteiger partial charge in [-0.25, -0.2) is 0 Å². The van der Waals surface area contributed by atoms with Crippen molar-refractivity contribution in [2.24, 2.45) is 0 Å². The molecule has 2 aromatic rings. The number of aromatic amines is 1. The topological polar surface area (TPSA) is 67.6 Å². The summed E-state index contributed by atoms with van der Waals surface area (Å²) in [6.45, 7) is 0. The molecular weight excluding hydrogens is 188 g/mol. The average Bonchev–Trinajstić information content (AvgIpc) is 2.49. The monoisotopic (exact) mass is 194 g/mol. The number of nitrogens with zero attached hydrogens (tertiary/aromatic N) is 2. The number of nitrogens with two attached hydrogens (primary N) is 1. The first kappa shape index (κ1) is 8.07. The Bertz CT molecular complexity index is 409. The normalized spacial score (nSPS) is 10.2. The Morgan fingerprint density at radius 3 is 2.54 bits per heavy atom. The van der Waals surface area contributed by atoms with Crippen LogP contribution in [0.15, 0.2) is 24.5 Å². The number of H-pyrrole nitrogens is 1. The van der Waals surface area contributed by atoms with Gasteiger partial charge in [-0.05, 0) is 12.1 Å². The highest BCUT2D eigenvalue weighted by molar-refractivity contribution is 6.35. The fourth-order valence-electron chi connectivity index (χ4n) is 1.05. The highest BCUT2D eigenvalue weighted by Gasteiger charge is 2.08. The van der Waals surface area contributed by atoms with Gasteiger partial charge in [-0.1, -0.05) is 11.6 Å². The van der Waals surface area contributed by atoms with Crippen molar-refractivity contribution >= 4 is 17.4 Å². The summed E-state index contributed by atoms with van der Waals surface area (Å²) in [6.07, 6.45) is 3.37. The zero-order chi connectivity index (χ0) is 9.26. The Labute approximate surface area is 79.7 Å². The SMILES string of the molecule is Nc1n[nH]c(-c2ccncc2)c1Cl. The minimum absolute atomic E-state index is 0.313. The van der Waals surface area contributed by atoms with Crippen LogP contribution in [0, 0.1) is 0 Å². The summed E-state index contributed by atoms with van der Waals surface area (Å²) in [5, 5.41) is 7.00. The van der Waals surface area contributed by atoms with Crippen LogP contribution >= 0.6 is 11.6 Å². The number of nitrogens with one attached hydrogen (secondary N) is 1. The maximum atomic E-state index is 5.90. The predicted molar refractivity (Wildman–Crippen MR) is 51.2 cm³/mol. The number of pyridine rings is 1. The third-order valence-electron chi connectivity index (χ3n) is 1.70. The summed E-state index contributed by atoms with van der Waals surface area (Å²) in [6, 6.07) is 3.66. The van der Waals surface area contributed by atoms with Gasteiger partial charge in [0.25, 0.3) is 0 Å². The Morgan fingerprint density at radius 1 is 1.31 bits per heavy atom. The van der Waals surface area contributed by atoms with Crippen molar-refractivity contribution in [1.82, 2.24) is 15.2 Å². The molecule has 0 amide bonds. The fraction of sp³-hybridized carbons (Fsp3) is 0. The second kappa shape index (κ2) is 3.06. The van der Waals surface area contributed by atoms with E-state index in [1.165, 1.54) is 0 Å². The smallest absolute Gasteiger partial charge is 0.164 e. The Hall–Kier alpha value is -1.55. The molecule has 0 saturated heterocycles. The van der Waals surface area contributed by atoms with Crippen LogP contribution in [0.2, 0.25) is 5.02 Å². The lowest BCUT2D eigenvalue weighted by Crippen LogP contribution is -1.83. The van der Waals surface area contributed by atoms with E-state index in [0.717, 1.165) is 11.3 Å². The Morgan fingerprint density at radius 2 is 2.00 bits per heavy atom. The molecular formula is C8H7ClN4. The van der Waals surface area contributed by atoms with E-state index in [9.17, 15) is 0 Å². The van der Waals surface area contributed by atoms with Crippen LogP contribution in [0.1, 0.15) is 0 Å². The van der Waals surface area contributed by atoms with Crippen LogP contribution in [-0.2, 0) is 0 Å². The largest absolute Gasteiger partial charge is 0.381 e. The van der Waals surface area contributed by atoms with Crippen molar-refractivity contribution < 1.29 is 0 Å². The molecule has 2 aromatic heterocycles. The van der Waals surface area contributed by atoms with Crippen LogP contribution in [0.25, 0.3) is 11.3 Å². The first-order valence-corrected chi connectivity index (χ1v) is 4.06. The van der Waals surface area contributed by atoms with Crippen molar-refractivity contribution in [1.29, 1.82) is 0 Å². The van der Waals surface area contributed by atoms with E-state index in [1.54, 1.807) is 12.4 Å². The molecule has 0 aliphatic carbocycles. The number of aromatic nitrogens is 3. The third kappa shape index (κ3) is 1.36. The van der Waals surface area contributed by atoms with E-state index in [-0.39, 0.29) is 0 Å². The summed E-state index contributed by atoms with van der Waals surface area (Å²) in [5.74, 6) is 0.313. The zero-order valence-corrected chi connectivity index (χ0v) is 7.42. The molecule has 0 saturated carbocycles. The van der Waals surface area contributed by atoms with Gasteiger partial charge in [0.1, 0.15) is 5.02 Å². The molecule has 0 unspecified atom stereocenters. The van der Waals surface area contributed by atoms with Gasteiger partial charge in [0.15, 0.2) is 5.82 Å². The predicted octanol–water partition coefficient (Wildman–Crippen LogP) is 1.71. The molecule has 66 valence electrons. The lowest BCUT2D eigenvalue weighted by molar-refractivity contribution is 1.10. The molecule has 0 radical (unpaired) electrons. The average molecular weight is 195 g/mol. The fourth-order valence-corrected chi connectivity index (χ4v) is 1.25. The van der Waals surface area contributed by atoms with Gasteiger partial charge in [0, 0.05) is 18.0 Å². The van der Waals surface area contributed by atoms with E-state index in [2.05, 4.69) is 15.2 Å². The molecule has 0 aromatic carbocycles. The minimum Gasteiger partial charge on any atom is -0.381 e. The molecule has 2 heterocycles. The van der Waals surface area contributed by atoms with Crippen LogP contribution < -0.4 is 5.73 Å². The summed E-state index contributed by atoms with van der Waals surface area (Å²) in [5.41, 5.74) is 7.13. The summed E-state index contributed by atoms with van der Waals surface area (Å²) in [7, 11) is 0. The maximum absolute atomic E-state index is 5.90. The van der Waals surface area contributed by atoms with Gasteiger partial charge in [0.2, 0.25) is 0 Å². The van der Waals surface area contributed by atoms with Gasteiger partial charge < -0.3 is 5.73 Å². The molecule has 0 spiro atoms. The van der Waals surface area contributed by atoms with Crippen molar-refractivity contribution in [2.45, 2.75) is 0 Å². The molecule has 4 nitrogen and oxygen atoms in total. The van der Waals surface area contributed by atoms with Crippen molar-refractivity contribution in [2.75, 3.05) is 5.73 Å². The first-order chi connectivity index (χ1) is 6.29. The summed E-state index contributed by atoms with van der Waals surface area (Å²) < 4.78 is 0. The van der Waals surface area contributed by atoms with Crippen LogP contribution in [-0.4, -0.2) is 15.2 Å². The van der Waals surface area contributed by atoms with E-state index in [0.29, 0.717) is 10.8 Å². The molecule has 2 rings (SSSR count). The molecule has 0 atom stereocenters. The molecule has 0 bridgehead atoms. The lowest BCUT2D eigenvalue weighted by Gasteiger charge is -1.95. The van der Waals surface area contributed by atoms with Gasteiger partial charge in [-0.15, -0.1) is 0 Å². The summed E-state index contributed by atoms with van der Waals surface area (Å²) >= 11 is 5.90. The van der Waals surface area contributed by atoms with E-state index < -0.39 is 0 Å². The molecule has 0 fully saturated rings. The zero-order valence-electron chi connectivity index (χ0n) is 6.66. The molecule has 0 aliphatic heterocycles. The number of hydrogen-bond donors (Lipinski definition) is 2. The standard InChI is InChI=1S/C8H7ClN4/c9-6-7(12-13-8(6)10)5-1-3-11-4-2-5/h1-4H,(H3,10,12,13). The van der Waals surface area contributed by atoms with Crippen molar-refractivity contribution in [3.05, 3.63) is 29.5 Å². The number of nitrogen functional groups attached to an aromatic ring is 1. The van der Waals surface area contributed by atoms with Gasteiger partial charge in [-0.3, -0.25) is 10.1 Å². The number of rotatable bonds is 1. The molecule has 0 aliphatic rings. The van der Waals surface area contributed by atoms with E-state index in [1.807, 2.05) is 12.1 Å². The molecule has 13 heavy (non-hydrogen) atoms. The quantitative estimate of drug-likeness (QED) is 0.726. The highest BCUT2D eigenvalue weighted by Crippen LogP contribution is 2.28. The van der Waals surface area contributed by atoms with E-state index in [4.69, 9.17) is 17.3 Å². The number of hydrogen-bond acceptors (Lipinski definition) is 3.